The summed E-state index contributed by atoms with van der Waals surface area (Å²) in [6, 6.07) is 14.9. The lowest BCUT2D eigenvalue weighted by molar-refractivity contribution is 0.0338. The van der Waals surface area contributed by atoms with E-state index in [1.54, 1.807) is 18.2 Å². The Bertz CT molecular complexity index is 860. The Morgan fingerprint density at radius 3 is 2.30 bits per heavy atom. The van der Waals surface area contributed by atoms with E-state index in [-0.39, 0.29) is 12.1 Å². The van der Waals surface area contributed by atoms with Crippen molar-refractivity contribution in [3.63, 3.8) is 0 Å². The van der Waals surface area contributed by atoms with Crippen LogP contribution in [0.2, 0.25) is 0 Å². The van der Waals surface area contributed by atoms with E-state index in [1.807, 2.05) is 51.1 Å². The number of esters is 1. The first-order chi connectivity index (χ1) is 11.0. The summed E-state index contributed by atoms with van der Waals surface area (Å²) in [7, 11) is 0. The van der Waals surface area contributed by atoms with Crippen molar-refractivity contribution in [2.45, 2.75) is 26.9 Å². The van der Waals surface area contributed by atoms with Crippen molar-refractivity contribution >= 4 is 17.0 Å². The first-order valence-corrected chi connectivity index (χ1v) is 7.55. The monoisotopic (exact) mass is 306 g/mol. The fourth-order valence-corrected chi connectivity index (χ4v) is 2.38. The molecule has 0 aliphatic carbocycles. The second-order valence-electron chi connectivity index (χ2n) is 5.56. The zero-order chi connectivity index (χ0) is 16.4. The third-order valence-electron chi connectivity index (χ3n) is 3.86. The molecule has 0 amide bonds. The van der Waals surface area contributed by atoms with E-state index in [4.69, 9.17) is 4.74 Å². The molecule has 0 spiro atoms. The lowest BCUT2D eigenvalue weighted by Crippen LogP contribution is -2.09. The zero-order valence-electron chi connectivity index (χ0n) is 13.4. The number of carbonyl (C=O) groups is 1. The van der Waals surface area contributed by atoms with Gasteiger partial charge in [0.05, 0.1) is 28.0 Å². The highest BCUT2D eigenvalue weighted by molar-refractivity contribution is 5.93. The van der Waals surface area contributed by atoms with Gasteiger partial charge in [-0.2, -0.15) is 0 Å². The molecule has 0 aliphatic heterocycles. The van der Waals surface area contributed by atoms with Gasteiger partial charge < -0.3 is 4.74 Å². The molecule has 23 heavy (non-hydrogen) atoms. The average Bonchev–Trinajstić information content (AvgIpc) is 2.56. The summed E-state index contributed by atoms with van der Waals surface area (Å²) in [5.41, 5.74) is 4.69. The quantitative estimate of drug-likeness (QED) is 0.682. The molecule has 0 bridgehead atoms. The fraction of sp³-hybridized carbons (Fsp3) is 0.211. The van der Waals surface area contributed by atoms with Gasteiger partial charge in [0.2, 0.25) is 0 Å². The molecule has 3 rings (SSSR count). The number of ether oxygens (including phenoxy) is 1. The summed E-state index contributed by atoms with van der Waals surface area (Å²) in [6.45, 7) is 5.69. The maximum atomic E-state index is 12.4. The third kappa shape index (κ3) is 3.21. The molecule has 0 N–H and O–H groups in total. The predicted molar refractivity (Wildman–Crippen MR) is 89.3 cm³/mol. The van der Waals surface area contributed by atoms with Crippen LogP contribution in [-0.2, 0) is 4.74 Å². The molecule has 1 aromatic heterocycles. The first kappa shape index (κ1) is 15.2. The Morgan fingerprint density at radius 1 is 0.957 bits per heavy atom. The molecular formula is C19H18N2O2. The molecule has 1 heterocycles. The number of rotatable bonds is 3. The molecule has 3 aromatic rings. The van der Waals surface area contributed by atoms with Crippen molar-refractivity contribution in [1.82, 2.24) is 9.97 Å². The molecule has 0 aliphatic rings. The fourth-order valence-electron chi connectivity index (χ4n) is 2.38. The lowest BCUT2D eigenvalue weighted by atomic mass is 10.1. The van der Waals surface area contributed by atoms with E-state index in [9.17, 15) is 4.79 Å². The van der Waals surface area contributed by atoms with Crippen molar-refractivity contribution in [3.8, 4) is 0 Å². The number of aromatic nitrogens is 2. The van der Waals surface area contributed by atoms with Crippen molar-refractivity contribution in [2.75, 3.05) is 0 Å². The number of carbonyl (C=O) groups excluding carboxylic acids is 1. The maximum Gasteiger partial charge on any atom is 0.338 e. The van der Waals surface area contributed by atoms with Gasteiger partial charge in [0.15, 0.2) is 0 Å². The molecule has 0 saturated heterocycles. The van der Waals surface area contributed by atoms with Crippen LogP contribution in [0, 0.1) is 13.8 Å². The second kappa shape index (κ2) is 6.16. The predicted octanol–water partition coefficient (Wildman–Crippen LogP) is 4.16. The minimum atomic E-state index is -0.358. The lowest BCUT2D eigenvalue weighted by Gasteiger charge is -2.13. The number of nitrogens with zero attached hydrogens (tertiary/aromatic N) is 2. The molecule has 2 aromatic carbocycles. The smallest absolute Gasteiger partial charge is 0.338 e. The summed E-state index contributed by atoms with van der Waals surface area (Å²) in [5, 5.41) is 0. The van der Waals surface area contributed by atoms with Gasteiger partial charge >= 0.3 is 5.97 Å². The van der Waals surface area contributed by atoms with Crippen molar-refractivity contribution in [3.05, 3.63) is 71.0 Å². The standard InChI is InChI=1S/C19H18N2O2/c1-12-13(2)21-18-11-16(9-10-17(18)20-12)19(22)23-14(3)15-7-5-4-6-8-15/h4-11,14H,1-3H3/t14-/m1/s1. The highest BCUT2D eigenvalue weighted by atomic mass is 16.5. The van der Waals surface area contributed by atoms with Crippen LogP contribution in [0.4, 0.5) is 0 Å². The topological polar surface area (TPSA) is 52.1 Å². The van der Waals surface area contributed by atoms with E-state index < -0.39 is 0 Å². The van der Waals surface area contributed by atoms with Gasteiger partial charge in [0.1, 0.15) is 6.10 Å². The van der Waals surface area contributed by atoms with E-state index >= 15 is 0 Å². The molecule has 1 atom stereocenters. The SMILES string of the molecule is Cc1nc2ccc(C(=O)O[C@H](C)c3ccccc3)cc2nc1C. The second-order valence-corrected chi connectivity index (χ2v) is 5.56. The van der Waals surface area contributed by atoms with Crippen LogP contribution in [0.15, 0.2) is 48.5 Å². The van der Waals surface area contributed by atoms with E-state index in [2.05, 4.69) is 9.97 Å². The normalized spacial score (nSPS) is 12.1. The molecule has 4 nitrogen and oxygen atoms in total. The highest BCUT2D eigenvalue weighted by Crippen LogP contribution is 2.20. The van der Waals surface area contributed by atoms with Gasteiger partial charge in [-0.3, -0.25) is 0 Å². The average molecular weight is 306 g/mol. The Morgan fingerprint density at radius 2 is 1.61 bits per heavy atom. The number of hydrogen-bond donors (Lipinski definition) is 0. The molecule has 0 saturated carbocycles. The summed E-state index contributed by atoms with van der Waals surface area (Å²) in [5.74, 6) is -0.358. The van der Waals surface area contributed by atoms with Crippen LogP contribution in [0.1, 0.15) is 40.3 Å². The van der Waals surface area contributed by atoms with Gasteiger partial charge in [-0.15, -0.1) is 0 Å². The van der Waals surface area contributed by atoms with Crippen molar-refractivity contribution in [2.24, 2.45) is 0 Å². The third-order valence-corrected chi connectivity index (χ3v) is 3.86. The number of aryl methyl sites for hydroxylation is 2. The molecule has 116 valence electrons. The van der Waals surface area contributed by atoms with Crippen LogP contribution in [0.5, 0.6) is 0 Å². The van der Waals surface area contributed by atoms with Gasteiger partial charge in [-0.1, -0.05) is 30.3 Å². The van der Waals surface area contributed by atoms with Gasteiger partial charge in [-0.25, -0.2) is 14.8 Å². The summed E-state index contributed by atoms with van der Waals surface area (Å²) in [6.07, 6.45) is -0.301. The minimum Gasteiger partial charge on any atom is -0.454 e. The first-order valence-electron chi connectivity index (χ1n) is 7.55. The molecular weight excluding hydrogens is 288 g/mol. The molecule has 4 heteroatoms. The number of fused-ring (bicyclic) bond motifs is 1. The number of benzene rings is 2. The Kier molecular flexibility index (Phi) is 4.06. The maximum absolute atomic E-state index is 12.4. The van der Waals surface area contributed by atoms with Crippen LogP contribution >= 0.6 is 0 Å². The van der Waals surface area contributed by atoms with Crippen LogP contribution < -0.4 is 0 Å². The van der Waals surface area contributed by atoms with E-state index in [0.29, 0.717) is 11.1 Å². The molecule has 0 fully saturated rings. The van der Waals surface area contributed by atoms with Crippen molar-refractivity contribution < 1.29 is 9.53 Å². The van der Waals surface area contributed by atoms with Crippen LogP contribution in [-0.4, -0.2) is 15.9 Å². The van der Waals surface area contributed by atoms with Gasteiger partial charge in [0, 0.05) is 0 Å². The minimum absolute atomic E-state index is 0.301. The van der Waals surface area contributed by atoms with Crippen molar-refractivity contribution in [1.29, 1.82) is 0 Å². The van der Waals surface area contributed by atoms with Crippen LogP contribution in [0.3, 0.4) is 0 Å². The molecule has 0 radical (unpaired) electrons. The van der Waals surface area contributed by atoms with E-state index in [1.165, 1.54) is 0 Å². The van der Waals surface area contributed by atoms with Gasteiger partial charge in [0.25, 0.3) is 0 Å². The zero-order valence-corrected chi connectivity index (χ0v) is 13.4. The Balaban J connectivity index is 1.85. The highest BCUT2D eigenvalue weighted by Gasteiger charge is 2.14. The van der Waals surface area contributed by atoms with Gasteiger partial charge in [-0.05, 0) is 44.5 Å². The summed E-state index contributed by atoms with van der Waals surface area (Å²) in [4.78, 5) is 21.3. The van der Waals surface area contributed by atoms with E-state index in [0.717, 1.165) is 22.5 Å². The molecule has 0 unspecified atom stereocenters. The Hall–Kier alpha value is -2.75. The largest absolute Gasteiger partial charge is 0.454 e. The number of hydrogen-bond acceptors (Lipinski definition) is 4. The Labute approximate surface area is 135 Å². The summed E-state index contributed by atoms with van der Waals surface area (Å²) < 4.78 is 5.54. The van der Waals surface area contributed by atoms with Crippen LogP contribution in [0.25, 0.3) is 11.0 Å². The summed E-state index contributed by atoms with van der Waals surface area (Å²) >= 11 is 0.